The number of hydrogen-bond donors (Lipinski definition) is 7. The van der Waals surface area contributed by atoms with Crippen LogP contribution in [0.2, 0.25) is 0 Å². The van der Waals surface area contributed by atoms with E-state index in [1.807, 2.05) is 0 Å². The van der Waals surface area contributed by atoms with Crippen molar-refractivity contribution < 1.29 is 49.6 Å². The minimum Gasteiger partial charge on any atom is -0.508 e. The molecule has 0 radical (unpaired) electrons. The Hall–Kier alpha value is -3.35. The molecule has 170 valence electrons. The van der Waals surface area contributed by atoms with E-state index in [0.29, 0.717) is 0 Å². The first-order chi connectivity index (χ1) is 15.2. The summed E-state index contributed by atoms with van der Waals surface area (Å²) in [5, 5.41) is 69.3. The summed E-state index contributed by atoms with van der Waals surface area (Å²) in [7, 11) is 0. The van der Waals surface area contributed by atoms with Crippen molar-refractivity contribution in [3.8, 4) is 34.3 Å². The maximum absolute atomic E-state index is 12.6. The van der Waals surface area contributed by atoms with Crippen molar-refractivity contribution in [2.45, 2.75) is 30.7 Å². The average Bonchev–Trinajstić information content (AvgIpc) is 2.73. The fourth-order valence-corrected chi connectivity index (χ4v) is 3.53. The maximum atomic E-state index is 12.6. The molecule has 0 bridgehead atoms. The van der Waals surface area contributed by atoms with E-state index in [-0.39, 0.29) is 39.5 Å². The molecule has 3 aromatic rings. The van der Waals surface area contributed by atoms with Crippen LogP contribution in [0.5, 0.6) is 23.0 Å². The molecule has 32 heavy (non-hydrogen) atoms. The van der Waals surface area contributed by atoms with E-state index >= 15 is 0 Å². The normalized spacial score (nSPS) is 25.7. The van der Waals surface area contributed by atoms with Crippen molar-refractivity contribution >= 4 is 11.0 Å². The summed E-state index contributed by atoms with van der Waals surface area (Å²) < 4.78 is 16.5. The molecule has 0 amide bonds. The number of aromatic hydroxyl groups is 3. The number of benzene rings is 2. The third kappa shape index (κ3) is 3.72. The van der Waals surface area contributed by atoms with Gasteiger partial charge in [0.2, 0.25) is 6.29 Å². The highest BCUT2D eigenvalue weighted by atomic mass is 16.7. The molecule has 4 rings (SSSR count). The Balaban J connectivity index is 1.79. The van der Waals surface area contributed by atoms with Crippen LogP contribution in [0.3, 0.4) is 0 Å². The first kappa shape index (κ1) is 21.9. The lowest BCUT2D eigenvalue weighted by atomic mass is 9.99. The molecule has 0 saturated carbocycles. The zero-order chi connectivity index (χ0) is 23.2. The number of fused-ring (bicyclic) bond motifs is 1. The van der Waals surface area contributed by atoms with Crippen LogP contribution >= 0.6 is 0 Å². The highest BCUT2D eigenvalue weighted by Gasteiger charge is 2.45. The van der Waals surface area contributed by atoms with Gasteiger partial charge in [-0.3, -0.25) is 4.79 Å². The number of ether oxygens (including phenoxy) is 2. The first-order valence-electron chi connectivity index (χ1n) is 9.50. The molecule has 1 aliphatic heterocycles. The van der Waals surface area contributed by atoms with E-state index in [2.05, 4.69) is 0 Å². The molecule has 1 fully saturated rings. The Morgan fingerprint density at radius 3 is 2.41 bits per heavy atom. The lowest BCUT2D eigenvalue weighted by molar-refractivity contribution is -0.277. The SMILES string of the molecule is O=c1cc(-c2c(O)cccc2O[C@@H]2OC(CO)[C@@H](O)[C@H](O)C2O)oc2cc(O)cc(O)c12. The molecular formula is C21H20O11. The molecular weight excluding hydrogens is 428 g/mol. The zero-order valence-corrected chi connectivity index (χ0v) is 16.3. The van der Waals surface area contributed by atoms with Gasteiger partial charge in [-0.25, -0.2) is 0 Å². The van der Waals surface area contributed by atoms with Crippen LogP contribution in [0.1, 0.15) is 0 Å². The fourth-order valence-electron chi connectivity index (χ4n) is 3.53. The van der Waals surface area contributed by atoms with Crippen LogP contribution in [-0.2, 0) is 4.74 Å². The van der Waals surface area contributed by atoms with Gasteiger partial charge in [-0.15, -0.1) is 0 Å². The Bertz CT molecular complexity index is 1200. The topological polar surface area (TPSA) is 190 Å². The smallest absolute Gasteiger partial charge is 0.229 e. The molecule has 11 nitrogen and oxygen atoms in total. The molecule has 5 atom stereocenters. The van der Waals surface area contributed by atoms with Gasteiger partial charge >= 0.3 is 0 Å². The predicted octanol–water partition coefficient (Wildman–Crippen LogP) is -0.245. The van der Waals surface area contributed by atoms with Gasteiger partial charge in [0.05, 0.1) is 6.61 Å². The average molecular weight is 448 g/mol. The molecule has 0 aliphatic carbocycles. The van der Waals surface area contributed by atoms with Gasteiger partial charge in [-0.2, -0.15) is 0 Å². The van der Waals surface area contributed by atoms with Gasteiger partial charge in [0.15, 0.2) is 5.43 Å². The fraction of sp³-hybridized carbons (Fsp3) is 0.286. The van der Waals surface area contributed by atoms with Crippen molar-refractivity contribution in [2.75, 3.05) is 6.61 Å². The third-order valence-corrected chi connectivity index (χ3v) is 5.14. The summed E-state index contributed by atoms with van der Waals surface area (Å²) >= 11 is 0. The van der Waals surface area contributed by atoms with Crippen molar-refractivity contribution in [3.05, 3.63) is 46.6 Å². The second-order valence-corrected chi connectivity index (χ2v) is 7.28. The van der Waals surface area contributed by atoms with Crippen LogP contribution in [0.25, 0.3) is 22.3 Å². The zero-order valence-electron chi connectivity index (χ0n) is 16.3. The number of aliphatic hydroxyl groups excluding tert-OH is 4. The van der Waals surface area contributed by atoms with E-state index in [4.69, 9.17) is 13.9 Å². The summed E-state index contributed by atoms with van der Waals surface area (Å²) in [4.78, 5) is 12.6. The van der Waals surface area contributed by atoms with Crippen molar-refractivity contribution in [2.24, 2.45) is 0 Å². The molecule has 7 N–H and O–H groups in total. The molecule has 1 aliphatic rings. The van der Waals surface area contributed by atoms with Gasteiger partial charge in [-0.05, 0) is 12.1 Å². The lowest BCUT2D eigenvalue weighted by Gasteiger charge is -2.39. The Kier molecular flexibility index (Phi) is 5.67. The predicted molar refractivity (Wildman–Crippen MR) is 107 cm³/mol. The largest absolute Gasteiger partial charge is 0.508 e. The standard InChI is InChI=1S/C21H20O11/c22-7-15-18(27)19(28)20(29)21(32-15)31-12-3-1-2-9(24)17(12)14-6-11(26)16-10(25)4-8(23)5-13(16)30-14/h1-6,15,18-25,27-29H,7H2/t15?,18-,19+,20?,21-/m1/s1. The van der Waals surface area contributed by atoms with E-state index in [1.54, 1.807) is 0 Å². The van der Waals surface area contributed by atoms with Crippen LogP contribution in [-0.4, -0.2) is 73.1 Å². The van der Waals surface area contributed by atoms with E-state index in [1.165, 1.54) is 18.2 Å². The van der Waals surface area contributed by atoms with Gasteiger partial charge < -0.3 is 49.6 Å². The highest BCUT2D eigenvalue weighted by molar-refractivity contribution is 5.87. The monoisotopic (exact) mass is 448 g/mol. The van der Waals surface area contributed by atoms with Crippen molar-refractivity contribution in [1.29, 1.82) is 0 Å². The maximum Gasteiger partial charge on any atom is 0.229 e. The molecule has 11 heteroatoms. The van der Waals surface area contributed by atoms with E-state index in [0.717, 1.165) is 18.2 Å². The Morgan fingerprint density at radius 1 is 0.938 bits per heavy atom. The molecule has 1 saturated heterocycles. The van der Waals surface area contributed by atoms with Gasteiger partial charge in [-0.1, -0.05) is 6.07 Å². The second-order valence-electron chi connectivity index (χ2n) is 7.28. The molecule has 2 unspecified atom stereocenters. The molecule has 1 aromatic heterocycles. The number of phenols is 3. The number of aliphatic hydroxyl groups is 4. The van der Waals surface area contributed by atoms with Gasteiger partial charge in [0.25, 0.3) is 0 Å². The quantitative estimate of drug-likeness (QED) is 0.279. The third-order valence-electron chi connectivity index (χ3n) is 5.14. The van der Waals surface area contributed by atoms with Gasteiger partial charge in [0, 0.05) is 18.2 Å². The summed E-state index contributed by atoms with van der Waals surface area (Å²) in [6.45, 7) is -0.662. The van der Waals surface area contributed by atoms with Gasteiger partial charge in [0.1, 0.15) is 69.7 Å². The van der Waals surface area contributed by atoms with Crippen LogP contribution < -0.4 is 10.2 Å². The van der Waals surface area contributed by atoms with Crippen LogP contribution in [0.15, 0.2) is 45.6 Å². The molecule has 2 aromatic carbocycles. The first-order valence-corrected chi connectivity index (χ1v) is 9.50. The summed E-state index contributed by atoms with van der Waals surface area (Å²) in [5.74, 6) is -1.54. The number of rotatable bonds is 4. The van der Waals surface area contributed by atoms with Crippen LogP contribution in [0.4, 0.5) is 0 Å². The summed E-state index contributed by atoms with van der Waals surface area (Å²) in [6, 6.07) is 7.12. The summed E-state index contributed by atoms with van der Waals surface area (Å²) in [6.07, 6.45) is -7.75. The highest BCUT2D eigenvalue weighted by Crippen LogP contribution is 2.40. The van der Waals surface area contributed by atoms with Crippen molar-refractivity contribution in [3.63, 3.8) is 0 Å². The van der Waals surface area contributed by atoms with Crippen LogP contribution in [0, 0.1) is 0 Å². The summed E-state index contributed by atoms with van der Waals surface area (Å²) in [5.41, 5.74) is -0.945. The minimum absolute atomic E-state index is 0.119. The van der Waals surface area contributed by atoms with E-state index < -0.39 is 48.5 Å². The Labute approximate surface area is 179 Å². The Morgan fingerprint density at radius 2 is 1.69 bits per heavy atom. The minimum atomic E-state index is -1.71. The number of hydrogen-bond acceptors (Lipinski definition) is 11. The van der Waals surface area contributed by atoms with Crippen molar-refractivity contribution in [1.82, 2.24) is 0 Å². The molecule has 2 heterocycles. The second kappa shape index (κ2) is 8.30. The number of phenolic OH excluding ortho intramolecular Hbond substituents is 3. The molecule has 0 spiro atoms. The van der Waals surface area contributed by atoms with E-state index in [9.17, 15) is 40.5 Å². The lowest BCUT2D eigenvalue weighted by Crippen LogP contribution is -2.60.